The largest absolute Gasteiger partial charge is 0.392 e. The van der Waals surface area contributed by atoms with E-state index in [1.54, 1.807) is 12.1 Å². The zero-order chi connectivity index (χ0) is 13.8. The quantitative estimate of drug-likeness (QED) is 0.862. The molecule has 1 aromatic carbocycles. The minimum Gasteiger partial charge on any atom is -0.392 e. The lowest BCUT2D eigenvalue weighted by molar-refractivity contribution is 0.119. The van der Waals surface area contributed by atoms with Crippen molar-refractivity contribution >= 4 is 11.6 Å². The molecule has 0 saturated heterocycles. The number of nitrogens with one attached hydrogen (secondary N) is 1. The summed E-state index contributed by atoms with van der Waals surface area (Å²) in [6.45, 7) is 7.37. The van der Waals surface area contributed by atoms with Crippen molar-refractivity contribution in [3.63, 3.8) is 0 Å². The van der Waals surface area contributed by atoms with E-state index >= 15 is 0 Å². The fourth-order valence-corrected chi connectivity index (χ4v) is 2.01. The Morgan fingerprint density at radius 2 is 2.06 bits per heavy atom. The molecular weight excluding hydrogens is 253 g/mol. The Bertz CT molecular complexity index is 390. The summed E-state index contributed by atoms with van der Waals surface area (Å²) in [5.41, 5.74) is 1.02. The topological polar surface area (TPSA) is 32.3 Å². The summed E-state index contributed by atoms with van der Waals surface area (Å²) in [7, 11) is 0. The molecule has 0 amide bonds. The number of aliphatic hydroxyl groups is 1. The highest BCUT2D eigenvalue weighted by Gasteiger charge is 2.16. The van der Waals surface area contributed by atoms with Gasteiger partial charge < -0.3 is 10.4 Å². The Morgan fingerprint density at radius 1 is 1.39 bits per heavy atom. The standard InChI is InChI=1S/C14H21ClFNO/c1-14(2,3)7-11(18)9-17-8-10-4-5-13(16)12(15)6-10/h4-6,11,17-18H,7-9H2,1-3H3. The average Bonchev–Trinajstić information content (AvgIpc) is 2.20. The minimum atomic E-state index is -0.409. The smallest absolute Gasteiger partial charge is 0.141 e. The zero-order valence-electron chi connectivity index (χ0n) is 11.1. The molecule has 0 heterocycles. The third kappa shape index (κ3) is 5.80. The maximum atomic E-state index is 12.9. The fourth-order valence-electron chi connectivity index (χ4n) is 1.81. The van der Waals surface area contributed by atoms with Crippen LogP contribution < -0.4 is 5.32 Å². The summed E-state index contributed by atoms with van der Waals surface area (Å²) in [5, 5.41) is 13.1. The molecule has 102 valence electrons. The summed E-state index contributed by atoms with van der Waals surface area (Å²) < 4.78 is 12.9. The number of benzene rings is 1. The molecule has 2 N–H and O–H groups in total. The van der Waals surface area contributed by atoms with E-state index < -0.39 is 5.82 Å². The van der Waals surface area contributed by atoms with E-state index in [1.807, 2.05) is 0 Å². The third-order valence-electron chi connectivity index (χ3n) is 2.54. The Balaban J connectivity index is 2.35. The summed E-state index contributed by atoms with van der Waals surface area (Å²) in [5.74, 6) is -0.409. The van der Waals surface area contributed by atoms with Crippen LogP contribution in [0.3, 0.4) is 0 Å². The predicted molar refractivity (Wildman–Crippen MR) is 73.2 cm³/mol. The van der Waals surface area contributed by atoms with Gasteiger partial charge in [-0.1, -0.05) is 38.4 Å². The van der Waals surface area contributed by atoms with Crippen LogP contribution in [-0.2, 0) is 6.54 Å². The molecule has 0 aliphatic heterocycles. The second-order valence-electron chi connectivity index (χ2n) is 5.80. The first-order valence-corrected chi connectivity index (χ1v) is 6.48. The molecule has 18 heavy (non-hydrogen) atoms. The minimum absolute atomic E-state index is 0.111. The average molecular weight is 274 g/mol. The van der Waals surface area contributed by atoms with Gasteiger partial charge in [0, 0.05) is 13.1 Å². The molecule has 0 radical (unpaired) electrons. The Morgan fingerprint density at radius 3 is 2.61 bits per heavy atom. The Kier molecular flexibility index (Phi) is 5.57. The highest BCUT2D eigenvalue weighted by Crippen LogP contribution is 2.20. The lowest BCUT2D eigenvalue weighted by Gasteiger charge is -2.22. The summed E-state index contributed by atoms with van der Waals surface area (Å²) in [6, 6.07) is 4.63. The summed E-state index contributed by atoms with van der Waals surface area (Å²) in [4.78, 5) is 0. The number of aliphatic hydroxyl groups excluding tert-OH is 1. The van der Waals surface area contributed by atoms with E-state index in [-0.39, 0.29) is 16.5 Å². The maximum absolute atomic E-state index is 12.9. The molecule has 0 aliphatic carbocycles. The summed E-state index contributed by atoms with van der Waals surface area (Å²) >= 11 is 5.69. The first kappa shape index (κ1) is 15.4. The van der Waals surface area contributed by atoms with E-state index in [9.17, 15) is 9.50 Å². The van der Waals surface area contributed by atoms with Crippen LogP contribution in [0.1, 0.15) is 32.8 Å². The first-order valence-electron chi connectivity index (χ1n) is 6.10. The predicted octanol–water partition coefficient (Wildman–Crippen LogP) is 3.37. The van der Waals surface area contributed by atoms with Gasteiger partial charge in [-0.2, -0.15) is 0 Å². The van der Waals surface area contributed by atoms with Gasteiger partial charge in [-0.05, 0) is 29.5 Å². The van der Waals surface area contributed by atoms with Crippen molar-refractivity contribution in [1.29, 1.82) is 0 Å². The molecule has 0 bridgehead atoms. The van der Waals surface area contributed by atoms with Crippen LogP contribution in [0.5, 0.6) is 0 Å². The lowest BCUT2D eigenvalue weighted by atomic mass is 9.89. The van der Waals surface area contributed by atoms with E-state index in [4.69, 9.17) is 11.6 Å². The molecule has 0 fully saturated rings. The maximum Gasteiger partial charge on any atom is 0.141 e. The van der Waals surface area contributed by atoms with Gasteiger partial charge in [-0.25, -0.2) is 4.39 Å². The van der Waals surface area contributed by atoms with Crippen molar-refractivity contribution in [2.24, 2.45) is 5.41 Å². The summed E-state index contributed by atoms with van der Waals surface area (Å²) in [6.07, 6.45) is 0.366. The highest BCUT2D eigenvalue weighted by atomic mass is 35.5. The molecule has 1 unspecified atom stereocenters. The second-order valence-corrected chi connectivity index (χ2v) is 6.21. The van der Waals surface area contributed by atoms with Gasteiger partial charge in [-0.15, -0.1) is 0 Å². The SMILES string of the molecule is CC(C)(C)CC(O)CNCc1ccc(F)c(Cl)c1. The number of halogens is 2. The number of hydrogen-bond donors (Lipinski definition) is 2. The molecule has 0 aromatic heterocycles. The van der Waals surface area contributed by atoms with E-state index in [1.165, 1.54) is 6.07 Å². The molecule has 2 nitrogen and oxygen atoms in total. The van der Waals surface area contributed by atoms with E-state index in [0.29, 0.717) is 13.1 Å². The van der Waals surface area contributed by atoms with Crippen LogP contribution >= 0.6 is 11.6 Å². The molecule has 0 spiro atoms. The van der Waals surface area contributed by atoms with E-state index in [0.717, 1.165) is 12.0 Å². The van der Waals surface area contributed by atoms with Crippen molar-refractivity contribution in [3.8, 4) is 0 Å². The lowest BCUT2D eigenvalue weighted by Crippen LogP contribution is -2.29. The van der Waals surface area contributed by atoms with Crippen molar-refractivity contribution in [2.75, 3.05) is 6.54 Å². The molecular formula is C14H21ClFNO. The monoisotopic (exact) mass is 273 g/mol. The van der Waals surface area contributed by atoms with Crippen LogP contribution in [0.15, 0.2) is 18.2 Å². The van der Waals surface area contributed by atoms with Crippen LogP contribution in [-0.4, -0.2) is 17.8 Å². The molecule has 0 aliphatic rings. The first-order chi connectivity index (χ1) is 8.28. The Labute approximate surface area is 113 Å². The van der Waals surface area contributed by atoms with Crippen molar-refractivity contribution in [3.05, 3.63) is 34.6 Å². The van der Waals surface area contributed by atoms with Crippen molar-refractivity contribution in [2.45, 2.75) is 39.8 Å². The third-order valence-corrected chi connectivity index (χ3v) is 2.83. The van der Waals surface area contributed by atoms with Crippen LogP contribution in [0.2, 0.25) is 5.02 Å². The highest BCUT2D eigenvalue weighted by molar-refractivity contribution is 6.30. The van der Waals surface area contributed by atoms with Gasteiger partial charge in [0.1, 0.15) is 5.82 Å². The Hall–Kier alpha value is -0.640. The molecule has 4 heteroatoms. The number of hydrogen-bond acceptors (Lipinski definition) is 2. The second kappa shape index (κ2) is 6.50. The van der Waals surface area contributed by atoms with E-state index in [2.05, 4.69) is 26.1 Å². The molecule has 1 atom stereocenters. The molecule has 1 rings (SSSR count). The van der Waals surface area contributed by atoms with Crippen LogP contribution in [0, 0.1) is 11.2 Å². The molecule has 0 saturated carbocycles. The molecule has 1 aromatic rings. The fraction of sp³-hybridized carbons (Fsp3) is 0.571. The van der Waals surface area contributed by atoms with Crippen LogP contribution in [0.25, 0.3) is 0 Å². The number of rotatable bonds is 5. The van der Waals surface area contributed by atoms with Gasteiger partial charge >= 0.3 is 0 Å². The van der Waals surface area contributed by atoms with Gasteiger partial charge in [-0.3, -0.25) is 0 Å². The zero-order valence-corrected chi connectivity index (χ0v) is 11.9. The van der Waals surface area contributed by atoms with Gasteiger partial charge in [0.25, 0.3) is 0 Å². The van der Waals surface area contributed by atoms with Gasteiger partial charge in [0.15, 0.2) is 0 Å². The van der Waals surface area contributed by atoms with Crippen molar-refractivity contribution in [1.82, 2.24) is 5.32 Å². The normalized spacial score (nSPS) is 13.7. The van der Waals surface area contributed by atoms with Gasteiger partial charge in [0.05, 0.1) is 11.1 Å². The van der Waals surface area contributed by atoms with Gasteiger partial charge in [0.2, 0.25) is 0 Å². The van der Waals surface area contributed by atoms with Crippen LogP contribution in [0.4, 0.5) is 4.39 Å². The van der Waals surface area contributed by atoms with Crippen molar-refractivity contribution < 1.29 is 9.50 Å².